The lowest BCUT2D eigenvalue weighted by Gasteiger charge is -2.34. The van der Waals surface area contributed by atoms with Crippen LogP contribution in [0.1, 0.15) is 59.4 Å². The summed E-state index contributed by atoms with van der Waals surface area (Å²) in [6, 6.07) is 7.74. The number of fused-ring (bicyclic) bond motifs is 2. The highest BCUT2D eigenvalue weighted by Crippen LogP contribution is 2.64. The Labute approximate surface area is 177 Å². The van der Waals surface area contributed by atoms with Crippen molar-refractivity contribution in [1.82, 2.24) is 5.32 Å². The molecule has 154 valence electrons. The SMILES string of the molecule is CC(C)Oc1ccc(/C=C2/S/C(=N\N=C3\CC4CCC3(C)C4(C)C)NC2=O)cc1. The molecule has 0 spiro atoms. The van der Waals surface area contributed by atoms with Crippen LogP contribution in [0.25, 0.3) is 6.08 Å². The van der Waals surface area contributed by atoms with Gasteiger partial charge in [-0.2, -0.15) is 5.10 Å². The van der Waals surface area contributed by atoms with Gasteiger partial charge in [0.15, 0.2) is 5.17 Å². The minimum absolute atomic E-state index is 0.119. The van der Waals surface area contributed by atoms with Gasteiger partial charge in [0.25, 0.3) is 5.91 Å². The van der Waals surface area contributed by atoms with E-state index in [-0.39, 0.29) is 22.8 Å². The average Bonchev–Trinajstić information content (AvgIpc) is 3.18. The summed E-state index contributed by atoms with van der Waals surface area (Å²) in [7, 11) is 0. The van der Waals surface area contributed by atoms with Gasteiger partial charge in [0.2, 0.25) is 0 Å². The van der Waals surface area contributed by atoms with E-state index in [1.54, 1.807) is 0 Å². The summed E-state index contributed by atoms with van der Waals surface area (Å²) >= 11 is 1.34. The molecule has 1 N–H and O–H groups in total. The zero-order valence-corrected chi connectivity index (χ0v) is 18.6. The molecule has 1 aliphatic heterocycles. The third-order valence-corrected chi connectivity index (χ3v) is 7.87. The molecule has 2 saturated carbocycles. The van der Waals surface area contributed by atoms with Gasteiger partial charge in [-0.15, -0.1) is 5.10 Å². The van der Waals surface area contributed by atoms with Crippen molar-refractivity contribution in [2.24, 2.45) is 27.0 Å². The molecular weight excluding hydrogens is 382 g/mol. The van der Waals surface area contributed by atoms with Crippen molar-refractivity contribution in [1.29, 1.82) is 0 Å². The molecule has 1 saturated heterocycles. The van der Waals surface area contributed by atoms with Gasteiger partial charge in [-0.25, -0.2) is 0 Å². The molecule has 2 aliphatic carbocycles. The molecule has 29 heavy (non-hydrogen) atoms. The monoisotopic (exact) mass is 411 g/mol. The molecule has 3 fully saturated rings. The Balaban J connectivity index is 1.48. The number of nitrogens with zero attached hydrogens (tertiary/aromatic N) is 2. The van der Waals surface area contributed by atoms with Crippen molar-refractivity contribution in [2.75, 3.05) is 0 Å². The fraction of sp³-hybridized carbons (Fsp3) is 0.522. The number of carbonyl (C=O) groups is 1. The Hall–Kier alpha value is -2.08. The lowest BCUT2D eigenvalue weighted by atomic mass is 9.70. The predicted molar refractivity (Wildman–Crippen MR) is 120 cm³/mol. The van der Waals surface area contributed by atoms with Gasteiger partial charge in [0.1, 0.15) is 5.75 Å². The first-order valence-electron chi connectivity index (χ1n) is 10.3. The van der Waals surface area contributed by atoms with Gasteiger partial charge >= 0.3 is 0 Å². The maximum absolute atomic E-state index is 12.3. The second-order valence-electron chi connectivity index (χ2n) is 9.25. The Kier molecular flexibility index (Phi) is 5.09. The highest BCUT2D eigenvalue weighted by molar-refractivity contribution is 8.18. The smallest absolute Gasteiger partial charge is 0.264 e. The van der Waals surface area contributed by atoms with Gasteiger partial charge in [-0.1, -0.05) is 32.9 Å². The molecule has 2 bridgehead atoms. The van der Waals surface area contributed by atoms with Crippen LogP contribution in [0, 0.1) is 16.7 Å². The summed E-state index contributed by atoms with van der Waals surface area (Å²) in [6.45, 7) is 11.0. The van der Waals surface area contributed by atoms with Gasteiger partial charge in [0.05, 0.1) is 11.0 Å². The summed E-state index contributed by atoms with van der Waals surface area (Å²) in [5, 5.41) is 12.4. The Morgan fingerprint density at radius 1 is 1.21 bits per heavy atom. The zero-order valence-electron chi connectivity index (χ0n) is 17.8. The van der Waals surface area contributed by atoms with E-state index in [1.165, 1.54) is 30.3 Å². The molecule has 4 rings (SSSR count). The Morgan fingerprint density at radius 3 is 2.52 bits per heavy atom. The molecule has 1 heterocycles. The molecule has 3 aliphatic rings. The molecule has 2 unspecified atom stereocenters. The van der Waals surface area contributed by atoms with Crippen LogP contribution in [-0.4, -0.2) is 22.9 Å². The van der Waals surface area contributed by atoms with Crippen LogP contribution >= 0.6 is 11.8 Å². The van der Waals surface area contributed by atoms with E-state index >= 15 is 0 Å². The number of carbonyl (C=O) groups excluding carboxylic acids is 1. The van der Waals surface area contributed by atoms with E-state index in [1.807, 2.05) is 44.2 Å². The molecular formula is C23H29N3O2S. The van der Waals surface area contributed by atoms with Gasteiger partial charge in [0, 0.05) is 11.1 Å². The van der Waals surface area contributed by atoms with E-state index in [2.05, 4.69) is 36.3 Å². The van der Waals surface area contributed by atoms with E-state index in [0.29, 0.717) is 16.0 Å². The molecule has 1 amide bonds. The van der Waals surface area contributed by atoms with Crippen LogP contribution in [0.5, 0.6) is 5.75 Å². The van der Waals surface area contributed by atoms with Crippen molar-refractivity contribution in [3.63, 3.8) is 0 Å². The van der Waals surface area contributed by atoms with E-state index in [4.69, 9.17) is 4.74 Å². The maximum Gasteiger partial charge on any atom is 0.264 e. The summed E-state index contributed by atoms with van der Waals surface area (Å²) in [5.41, 5.74) is 2.52. The number of ether oxygens (including phenoxy) is 1. The van der Waals surface area contributed by atoms with Gasteiger partial charge in [-0.3, -0.25) is 10.1 Å². The highest BCUT2D eigenvalue weighted by Gasteiger charge is 2.60. The fourth-order valence-electron chi connectivity index (χ4n) is 4.73. The van der Waals surface area contributed by atoms with E-state index in [0.717, 1.165) is 17.7 Å². The molecule has 6 heteroatoms. The minimum Gasteiger partial charge on any atom is -0.491 e. The average molecular weight is 412 g/mol. The number of amides is 1. The first kappa shape index (κ1) is 20.2. The zero-order chi connectivity index (χ0) is 20.8. The lowest BCUT2D eigenvalue weighted by Crippen LogP contribution is -2.32. The van der Waals surface area contributed by atoms with Gasteiger partial charge in [-0.05, 0) is 80.0 Å². The first-order valence-corrected chi connectivity index (χ1v) is 11.1. The molecule has 0 radical (unpaired) electrons. The largest absolute Gasteiger partial charge is 0.491 e. The molecule has 0 aromatic heterocycles. The summed E-state index contributed by atoms with van der Waals surface area (Å²) in [6.07, 6.45) is 5.48. The van der Waals surface area contributed by atoms with Crippen molar-refractivity contribution in [2.45, 2.75) is 60.0 Å². The van der Waals surface area contributed by atoms with Crippen LogP contribution in [0.4, 0.5) is 0 Å². The number of rotatable bonds is 4. The van der Waals surface area contributed by atoms with Crippen LogP contribution in [0.3, 0.4) is 0 Å². The molecule has 5 nitrogen and oxygen atoms in total. The molecule has 1 aromatic rings. The predicted octanol–water partition coefficient (Wildman–Crippen LogP) is 5.24. The molecule has 1 aromatic carbocycles. The highest BCUT2D eigenvalue weighted by atomic mass is 32.2. The maximum atomic E-state index is 12.3. The number of hydrogen-bond donors (Lipinski definition) is 1. The first-order chi connectivity index (χ1) is 13.7. The fourth-order valence-corrected chi connectivity index (χ4v) is 5.50. The van der Waals surface area contributed by atoms with Crippen LogP contribution < -0.4 is 10.1 Å². The normalized spacial score (nSPS) is 32.0. The quantitative estimate of drug-likeness (QED) is 0.545. The topological polar surface area (TPSA) is 63.1 Å². The van der Waals surface area contributed by atoms with Crippen molar-refractivity contribution >= 4 is 34.6 Å². The molecule has 2 atom stereocenters. The van der Waals surface area contributed by atoms with Crippen LogP contribution in [0.15, 0.2) is 39.4 Å². The summed E-state index contributed by atoms with van der Waals surface area (Å²) in [5.74, 6) is 1.39. The number of benzene rings is 1. The van der Waals surface area contributed by atoms with Crippen LogP contribution in [-0.2, 0) is 4.79 Å². The Morgan fingerprint density at radius 2 is 1.93 bits per heavy atom. The number of nitrogens with one attached hydrogen (secondary N) is 1. The minimum atomic E-state index is -0.129. The second kappa shape index (κ2) is 7.31. The summed E-state index contributed by atoms with van der Waals surface area (Å²) < 4.78 is 5.66. The lowest BCUT2D eigenvalue weighted by molar-refractivity contribution is -0.115. The third-order valence-electron chi connectivity index (χ3n) is 6.97. The van der Waals surface area contributed by atoms with E-state index in [9.17, 15) is 4.79 Å². The summed E-state index contributed by atoms with van der Waals surface area (Å²) in [4.78, 5) is 13.0. The van der Waals surface area contributed by atoms with E-state index < -0.39 is 0 Å². The standard InChI is InChI=1S/C23H29N3O2S/c1-14(2)28-17-8-6-15(7-9-17)12-18-20(27)24-21(29-18)26-25-19-13-16-10-11-23(19,5)22(16,3)4/h6-9,12,14,16H,10-11,13H2,1-5H3,(H,24,26,27)/b18-12+,25-19-. The second-order valence-corrected chi connectivity index (χ2v) is 10.3. The Bertz CT molecular complexity index is 915. The number of amidine groups is 1. The van der Waals surface area contributed by atoms with Crippen LogP contribution in [0.2, 0.25) is 0 Å². The number of thioether (sulfide) groups is 1. The number of hydrogen-bond acceptors (Lipinski definition) is 5. The van der Waals surface area contributed by atoms with Crippen molar-refractivity contribution in [3.8, 4) is 5.75 Å². The van der Waals surface area contributed by atoms with Crippen molar-refractivity contribution < 1.29 is 9.53 Å². The third kappa shape index (κ3) is 3.63. The van der Waals surface area contributed by atoms with Gasteiger partial charge < -0.3 is 4.74 Å². The van der Waals surface area contributed by atoms with Crippen molar-refractivity contribution in [3.05, 3.63) is 34.7 Å².